The average Bonchev–Trinajstić information content (AvgIpc) is 2.74. The van der Waals surface area contributed by atoms with E-state index in [4.69, 9.17) is 11.6 Å². The highest BCUT2D eigenvalue weighted by molar-refractivity contribution is 7.17. The molecule has 108 valence electrons. The van der Waals surface area contributed by atoms with Crippen LogP contribution in [-0.2, 0) is 0 Å². The summed E-state index contributed by atoms with van der Waals surface area (Å²) in [6, 6.07) is 0. The van der Waals surface area contributed by atoms with Gasteiger partial charge in [0.2, 0.25) is 9.47 Å². The van der Waals surface area contributed by atoms with Crippen molar-refractivity contribution in [3.8, 4) is 0 Å². The van der Waals surface area contributed by atoms with Crippen molar-refractivity contribution in [3.63, 3.8) is 0 Å². The Balaban J connectivity index is 2.68. The molecule has 0 bridgehead atoms. The van der Waals surface area contributed by atoms with E-state index in [1.165, 1.54) is 0 Å². The number of aromatic nitrogens is 2. The molecule has 0 saturated carbocycles. The highest BCUT2D eigenvalue weighted by Crippen LogP contribution is 2.18. The molecule has 1 aromatic rings. The van der Waals surface area contributed by atoms with E-state index in [0.717, 1.165) is 37.3 Å². The third-order valence-electron chi connectivity index (χ3n) is 2.82. The van der Waals surface area contributed by atoms with Gasteiger partial charge < -0.3 is 4.90 Å². The Morgan fingerprint density at radius 1 is 1.16 bits per heavy atom. The SMILES string of the molecule is CC(C)CCN(CCC(C)C)C(=O)c1nnc(Cl)s1. The molecule has 0 fully saturated rings. The normalized spacial score (nSPS) is 11.3. The Bertz CT molecular complexity index is 394. The van der Waals surface area contributed by atoms with Crippen LogP contribution in [0.25, 0.3) is 0 Å². The van der Waals surface area contributed by atoms with Gasteiger partial charge in [0.1, 0.15) is 0 Å². The van der Waals surface area contributed by atoms with Gasteiger partial charge in [0, 0.05) is 13.1 Å². The van der Waals surface area contributed by atoms with Crippen molar-refractivity contribution in [2.45, 2.75) is 40.5 Å². The summed E-state index contributed by atoms with van der Waals surface area (Å²) >= 11 is 6.88. The molecule has 0 aliphatic carbocycles. The topological polar surface area (TPSA) is 46.1 Å². The molecule has 0 saturated heterocycles. The largest absolute Gasteiger partial charge is 0.337 e. The van der Waals surface area contributed by atoms with Gasteiger partial charge in [-0.2, -0.15) is 0 Å². The molecule has 1 aromatic heterocycles. The summed E-state index contributed by atoms with van der Waals surface area (Å²) in [6.45, 7) is 10.2. The summed E-state index contributed by atoms with van der Waals surface area (Å²) in [5.74, 6) is 1.10. The summed E-state index contributed by atoms with van der Waals surface area (Å²) < 4.78 is 0.316. The summed E-state index contributed by atoms with van der Waals surface area (Å²) in [5.41, 5.74) is 0. The number of halogens is 1. The molecule has 1 rings (SSSR count). The summed E-state index contributed by atoms with van der Waals surface area (Å²) in [6.07, 6.45) is 1.99. The molecule has 0 unspecified atom stereocenters. The molecule has 0 aliphatic rings. The number of carbonyl (C=O) groups excluding carboxylic acids is 1. The molecule has 0 radical (unpaired) electrons. The van der Waals surface area contributed by atoms with Crippen molar-refractivity contribution in [1.82, 2.24) is 15.1 Å². The number of amides is 1. The van der Waals surface area contributed by atoms with E-state index >= 15 is 0 Å². The van der Waals surface area contributed by atoms with Gasteiger partial charge in [-0.05, 0) is 36.3 Å². The van der Waals surface area contributed by atoms with Crippen LogP contribution in [0.2, 0.25) is 4.47 Å². The quantitative estimate of drug-likeness (QED) is 0.771. The standard InChI is InChI=1S/C13H22ClN3OS/c1-9(2)5-7-17(8-6-10(3)4)12(18)11-15-16-13(14)19-11/h9-10H,5-8H2,1-4H3. The Labute approximate surface area is 124 Å². The molecule has 0 aromatic carbocycles. The maximum atomic E-state index is 12.4. The lowest BCUT2D eigenvalue weighted by Crippen LogP contribution is -2.34. The van der Waals surface area contributed by atoms with Crippen LogP contribution in [0.15, 0.2) is 0 Å². The van der Waals surface area contributed by atoms with E-state index in [9.17, 15) is 4.79 Å². The third kappa shape index (κ3) is 5.87. The van der Waals surface area contributed by atoms with Crippen LogP contribution in [0, 0.1) is 11.8 Å². The van der Waals surface area contributed by atoms with Gasteiger partial charge in [0.15, 0.2) is 0 Å². The number of hydrogen-bond acceptors (Lipinski definition) is 4. The van der Waals surface area contributed by atoms with Crippen molar-refractivity contribution in [1.29, 1.82) is 0 Å². The Hall–Kier alpha value is -0.680. The number of carbonyl (C=O) groups is 1. The lowest BCUT2D eigenvalue weighted by Gasteiger charge is -2.23. The fourth-order valence-corrected chi connectivity index (χ4v) is 2.37. The van der Waals surface area contributed by atoms with Gasteiger partial charge in [-0.1, -0.05) is 39.0 Å². The van der Waals surface area contributed by atoms with Crippen LogP contribution in [0.5, 0.6) is 0 Å². The zero-order valence-corrected chi connectivity index (χ0v) is 13.6. The van der Waals surface area contributed by atoms with E-state index < -0.39 is 0 Å². The highest BCUT2D eigenvalue weighted by Gasteiger charge is 2.20. The van der Waals surface area contributed by atoms with E-state index in [1.54, 1.807) is 0 Å². The lowest BCUT2D eigenvalue weighted by molar-refractivity contribution is 0.0739. The molecule has 19 heavy (non-hydrogen) atoms. The zero-order chi connectivity index (χ0) is 14.4. The first kappa shape index (κ1) is 16.4. The van der Waals surface area contributed by atoms with Crippen molar-refractivity contribution in [2.24, 2.45) is 11.8 Å². The maximum absolute atomic E-state index is 12.4. The molecule has 1 amide bonds. The number of hydrogen-bond donors (Lipinski definition) is 0. The summed E-state index contributed by atoms with van der Waals surface area (Å²) in [5, 5.41) is 7.92. The summed E-state index contributed by atoms with van der Waals surface area (Å²) in [4.78, 5) is 14.2. The van der Waals surface area contributed by atoms with Crippen LogP contribution in [0.1, 0.15) is 50.3 Å². The molecule has 0 atom stereocenters. The van der Waals surface area contributed by atoms with Crippen LogP contribution in [0.3, 0.4) is 0 Å². The van der Waals surface area contributed by atoms with Crippen LogP contribution >= 0.6 is 22.9 Å². The second kappa shape index (κ2) is 7.80. The minimum atomic E-state index is -0.0503. The van der Waals surface area contributed by atoms with Crippen LogP contribution < -0.4 is 0 Å². The van der Waals surface area contributed by atoms with Crippen LogP contribution in [-0.4, -0.2) is 34.1 Å². The molecule has 6 heteroatoms. The number of rotatable bonds is 7. The van der Waals surface area contributed by atoms with Gasteiger partial charge >= 0.3 is 0 Å². The van der Waals surface area contributed by atoms with Crippen molar-refractivity contribution in [2.75, 3.05) is 13.1 Å². The molecule has 0 aliphatic heterocycles. The monoisotopic (exact) mass is 303 g/mol. The van der Waals surface area contributed by atoms with Gasteiger partial charge in [-0.25, -0.2) is 0 Å². The molecular weight excluding hydrogens is 282 g/mol. The van der Waals surface area contributed by atoms with Gasteiger partial charge in [-0.15, -0.1) is 10.2 Å². The predicted octanol–water partition coefficient (Wildman–Crippen LogP) is 3.73. The minimum Gasteiger partial charge on any atom is -0.337 e. The second-order valence-corrected chi connectivity index (χ2v) is 7.08. The zero-order valence-electron chi connectivity index (χ0n) is 12.0. The fraction of sp³-hybridized carbons (Fsp3) is 0.769. The first-order chi connectivity index (χ1) is 8.90. The molecule has 0 spiro atoms. The molecular formula is C13H22ClN3OS. The Morgan fingerprint density at radius 2 is 1.68 bits per heavy atom. The van der Waals surface area contributed by atoms with E-state index in [-0.39, 0.29) is 5.91 Å². The van der Waals surface area contributed by atoms with Crippen molar-refractivity contribution < 1.29 is 4.79 Å². The lowest BCUT2D eigenvalue weighted by atomic mass is 10.1. The first-order valence-corrected chi connectivity index (χ1v) is 7.87. The summed E-state index contributed by atoms with van der Waals surface area (Å²) in [7, 11) is 0. The molecule has 1 heterocycles. The van der Waals surface area contributed by atoms with Crippen LogP contribution in [0.4, 0.5) is 0 Å². The Morgan fingerprint density at radius 3 is 2.05 bits per heavy atom. The highest BCUT2D eigenvalue weighted by atomic mass is 35.5. The predicted molar refractivity (Wildman–Crippen MR) is 79.7 cm³/mol. The van der Waals surface area contributed by atoms with Gasteiger partial charge in [0.25, 0.3) is 5.91 Å². The second-order valence-electron chi connectivity index (χ2n) is 5.52. The minimum absolute atomic E-state index is 0.0503. The van der Waals surface area contributed by atoms with E-state index in [2.05, 4.69) is 37.9 Å². The van der Waals surface area contributed by atoms with Crippen molar-refractivity contribution in [3.05, 3.63) is 9.47 Å². The van der Waals surface area contributed by atoms with Gasteiger partial charge in [0.05, 0.1) is 0 Å². The maximum Gasteiger partial charge on any atom is 0.284 e. The van der Waals surface area contributed by atoms with E-state index in [0.29, 0.717) is 21.3 Å². The third-order valence-corrected chi connectivity index (χ3v) is 3.83. The van der Waals surface area contributed by atoms with Gasteiger partial charge in [-0.3, -0.25) is 4.79 Å². The molecule has 4 nitrogen and oxygen atoms in total. The fourth-order valence-electron chi connectivity index (χ4n) is 1.57. The Kier molecular flexibility index (Phi) is 6.72. The molecule has 0 N–H and O–H groups in total. The first-order valence-electron chi connectivity index (χ1n) is 6.68. The average molecular weight is 304 g/mol. The van der Waals surface area contributed by atoms with Crippen molar-refractivity contribution >= 4 is 28.8 Å². The van der Waals surface area contributed by atoms with E-state index in [1.807, 2.05) is 4.90 Å². The smallest absolute Gasteiger partial charge is 0.284 e. The number of nitrogens with zero attached hydrogens (tertiary/aromatic N) is 3.